The number of benzene rings is 2. The molecule has 1 amide bonds. The lowest BCUT2D eigenvalue weighted by Gasteiger charge is -2.12. The molecule has 6 heteroatoms. The first-order chi connectivity index (χ1) is 13.3. The van der Waals surface area contributed by atoms with Gasteiger partial charge in [-0.2, -0.15) is 5.10 Å². The Morgan fingerprint density at radius 1 is 1.11 bits per heavy atom. The standard InChI is InChI=1S/C22H24N4O.ClH/c27-22(25-20-4-1-2-5-21(20)26-13-3-11-24-26)15-18-8-6-17(7-9-18)14-19-10-12-23-16-19;/h1-9,11,13,19,23H,10,12,14-16H2,(H,25,27);1H. The van der Waals surface area contributed by atoms with Gasteiger partial charge in [0.15, 0.2) is 0 Å². The van der Waals surface area contributed by atoms with Gasteiger partial charge in [0, 0.05) is 12.4 Å². The third-order valence-corrected chi connectivity index (χ3v) is 5.00. The molecule has 1 aromatic heterocycles. The summed E-state index contributed by atoms with van der Waals surface area (Å²) in [4.78, 5) is 12.5. The first-order valence-corrected chi connectivity index (χ1v) is 9.45. The molecule has 0 saturated carbocycles. The highest BCUT2D eigenvalue weighted by atomic mass is 35.5. The van der Waals surface area contributed by atoms with Gasteiger partial charge in [0.25, 0.3) is 0 Å². The zero-order chi connectivity index (χ0) is 18.5. The molecule has 0 spiro atoms. The molecule has 4 rings (SSSR count). The van der Waals surface area contributed by atoms with Crippen LogP contribution in [-0.4, -0.2) is 28.8 Å². The third-order valence-electron chi connectivity index (χ3n) is 5.00. The lowest BCUT2D eigenvalue weighted by atomic mass is 9.97. The van der Waals surface area contributed by atoms with Crippen LogP contribution in [0.15, 0.2) is 67.0 Å². The largest absolute Gasteiger partial charge is 0.324 e. The van der Waals surface area contributed by atoms with Crippen molar-refractivity contribution in [1.29, 1.82) is 0 Å². The van der Waals surface area contributed by atoms with Crippen molar-refractivity contribution < 1.29 is 4.79 Å². The number of anilines is 1. The molecule has 1 fully saturated rings. The summed E-state index contributed by atoms with van der Waals surface area (Å²) in [6.45, 7) is 2.24. The van der Waals surface area contributed by atoms with E-state index in [0.29, 0.717) is 6.42 Å². The molecular weight excluding hydrogens is 372 g/mol. The quantitative estimate of drug-likeness (QED) is 0.669. The summed E-state index contributed by atoms with van der Waals surface area (Å²) >= 11 is 0. The van der Waals surface area contributed by atoms with Gasteiger partial charge < -0.3 is 10.6 Å². The topological polar surface area (TPSA) is 59.0 Å². The van der Waals surface area contributed by atoms with Crippen molar-refractivity contribution in [2.24, 2.45) is 5.92 Å². The SMILES string of the molecule is Cl.O=C(Cc1ccc(CC2CCNC2)cc1)Nc1ccccc1-n1cccn1. The lowest BCUT2D eigenvalue weighted by Crippen LogP contribution is -2.16. The van der Waals surface area contributed by atoms with Crippen molar-refractivity contribution >= 4 is 24.0 Å². The zero-order valence-electron chi connectivity index (χ0n) is 15.7. The Balaban J connectivity index is 0.00000225. The number of nitrogens with zero attached hydrogens (tertiary/aromatic N) is 2. The van der Waals surface area contributed by atoms with Crippen molar-refractivity contribution in [2.75, 3.05) is 18.4 Å². The summed E-state index contributed by atoms with van der Waals surface area (Å²) < 4.78 is 1.75. The van der Waals surface area contributed by atoms with Crippen LogP contribution >= 0.6 is 12.4 Å². The number of carbonyl (C=O) groups is 1. The second-order valence-electron chi connectivity index (χ2n) is 7.07. The van der Waals surface area contributed by atoms with E-state index in [1.54, 1.807) is 10.9 Å². The average Bonchev–Trinajstić information content (AvgIpc) is 3.38. The molecule has 1 saturated heterocycles. The summed E-state index contributed by atoms with van der Waals surface area (Å²) in [6, 6.07) is 18.0. The molecule has 1 aliphatic rings. The molecule has 1 aliphatic heterocycles. The van der Waals surface area contributed by atoms with Crippen LogP contribution in [0.5, 0.6) is 0 Å². The van der Waals surface area contributed by atoms with Gasteiger partial charge in [0.2, 0.25) is 5.91 Å². The van der Waals surface area contributed by atoms with Gasteiger partial charge >= 0.3 is 0 Å². The van der Waals surface area contributed by atoms with Crippen molar-refractivity contribution in [3.05, 3.63) is 78.1 Å². The van der Waals surface area contributed by atoms with Crippen LogP contribution in [0.2, 0.25) is 0 Å². The number of hydrogen-bond donors (Lipinski definition) is 2. The minimum Gasteiger partial charge on any atom is -0.324 e. The Morgan fingerprint density at radius 3 is 2.61 bits per heavy atom. The van der Waals surface area contributed by atoms with Crippen LogP contribution in [0.3, 0.4) is 0 Å². The highest BCUT2D eigenvalue weighted by molar-refractivity contribution is 5.94. The van der Waals surface area contributed by atoms with Gasteiger partial charge in [-0.1, -0.05) is 36.4 Å². The van der Waals surface area contributed by atoms with E-state index in [9.17, 15) is 4.79 Å². The molecule has 2 N–H and O–H groups in total. The van der Waals surface area contributed by atoms with E-state index in [1.165, 1.54) is 12.0 Å². The van der Waals surface area contributed by atoms with E-state index in [-0.39, 0.29) is 18.3 Å². The Labute approximate surface area is 171 Å². The summed E-state index contributed by atoms with van der Waals surface area (Å²) in [5.41, 5.74) is 3.99. The van der Waals surface area contributed by atoms with E-state index in [1.807, 2.05) is 36.5 Å². The molecule has 0 radical (unpaired) electrons. The maximum Gasteiger partial charge on any atom is 0.228 e. The maximum atomic E-state index is 12.5. The highest BCUT2D eigenvalue weighted by Gasteiger charge is 2.15. The van der Waals surface area contributed by atoms with Crippen molar-refractivity contribution in [3.63, 3.8) is 0 Å². The third kappa shape index (κ3) is 5.00. The fourth-order valence-electron chi connectivity index (χ4n) is 3.59. The molecule has 146 valence electrons. The number of aromatic nitrogens is 2. The molecule has 2 heterocycles. The van der Waals surface area contributed by atoms with Gasteiger partial charge in [-0.15, -0.1) is 12.4 Å². The molecule has 3 aromatic rings. The van der Waals surface area contributed by atoms with Gasteiger partial charge in [0.05, 0.1) is 17.8 Å². The minimum absolute atomic E-state index is 0. The van der Waals surface area contributed by atoms with Crippen molar-refractivity contribution in [1.82, 2.24) is 15.1 Å². The molecule has 0 bridgehead atoms. The predicted molar refractivity (Wildman–Crippen MR) is 114 cm³/mol. The van der Waals surface area contributed by atoms with E-state index < -0.39 is 0 Å². The van der Waals surface area contributed by atoms with Crippen LogP contribution in [0, 0.1) is 5.92 Å². The lowest BCUT2D eigenvalue weighted by molar-refractivity contribution is -0.115. The van der Waals surface area contributed by atoms with Crippen LogP contribution in [0.1, 0.15) is 17.5 Å². The Kier molecular flexibility index (Phi) is 6.85. The Bertz CT molecular complexity index is 887. The first kappa shape index (κ1) is 20.1. The number of amides is 1. The van der Waals surface area contributed by atoms with Crippen molar-refractivity contribution in [3.8, 4) is 5.69 Å². The Morgan fingerprint density at radius 2 is 1.89 bits per heavy atom. The summed E-state index contributed by atoms with van der Waals surface area (Å²) in [5, 5.41) is 10.7. The average molecular weight is 397 g/mol. The second-order valence-corrected chi connectivity index (χ2v) is 7.07. The number of carbonyl (C=O) groups excluding carboxylic acids is 1. The fraction of sp³-hybridized carbons (Fsp3) is 0.273. The zero-order valence-corrected chi connectivity index (χ0v) is 16.5. The van der Waals surface area contributed by atoms with E-state index in [4.69, 9.17) is 0 Å². The number of hydrogen-bond acceptors (Lipinski definition) is 3. The first-order valence-electron chi connectivity index (χ1n) is 9.45. The van der Waals surface area contributed by atoms with E-state index in [2.05, 4.69) is 40.0 Å². The Hall–Kier alpha value is -2.63. The fourth-order valence-corrected chi connectivity index (χ4v) is 3.59. The molecular formula is C22H25ClN4O. The van der Waals surface area contributed by atoms with Crippen molar-refractivity contribution in [2.45, 2.75) is 19.3 Å². The number of rotatable bonds is 6. The maximum absolute atomic E-state index is 12.5. The summed E-state index contributed by atoms with van der Waals surface area (Å²) in [7, 11) is 0. The molecule has 1 unspecified atom stereocenters. The summed E-state index contributed by atoms with van der Waals surface area (Å²) in [6.07, 6.45) is 6.31. The second kappa shape index (κ2) is 9.53. The normalized spacial score (nSPS) is 15.8. The molecule has 2 aromatic carbocycles. The van der Waals surface area contributed by atoms with Crippen LogP contribution in [0.25, 0.3) is 5.69 Å². The smallest absolute Gasteiger partial charge is 0.228 e. The monoisotopic (exact) mass is 396 g/mol. The minimum atomic E-state index is -0.0256. The van der Waals surface area contributed by atoms with Gasteiger partial charge in [0.1, 0.15) is 0 Å². The molecule has 1 atom stereocenters. The molecule has 5 nitrogen and oxygen atoms in total. The molecule has 0 aliphatic carbocycles. The van der Waals surface area contributed by atoms with E-state index in [0.717, 1.165) is 42.4 Å². The number of nitrogens with one attached hydrogen (secondary N) is 2. The predicted octanol–water partition coefficient (Wildman–Crippen LogP) is 3.63. The van der Waals surface area contributed by atoms with Crippen LogP contribution in [0.4, 0.5) is 5.69 Å². The van der Waals surface area contributed by atoms with Gasteiger partial charge in [-0.05, 0) is 61.2 Å². The summed E-state index contributed by atoms with van der Waals surface area (Å²) in [5.74, 6) is 0.709. The van der Waals surface area contributed by atoms with Crippen LogP contribution in [-0.2, 0) is 17.6 Å². The number of halogens is 1. The van der Waals surface area contributed by atoms with Gasteiger partial charge in [-0.25, -0.2) is 4.68 Å². The number of para-hydroxylation sites is 2. The highest BCUT2D eigenvalue weighted by Crippen LogP contribution is 2.20. The van der Waals surface area contributed by atoms with Gasteiger partial charge in [-0.3, -0.25) is 4.79 Å². The van der Waals surface area contributed by atoms with E-state index >= 15 is 0 Å². The van der Waals surface area contributed by atoms with Crippen LogP contribution < -0.4 is 10.6 Å². The molecule has 28 heavy (non-hydrogen) atoms.